The van der Waals surface area contributed by atoms with Gasteiger partial charge in [-0.15, -0.1) is 0 Å². The van der Waals surface area contributed by atoms with Gasteiger partial charge in [0.05, 0.1) is 17.5 Å². The molecule has 0 saturated heterocycles. The van der Waals surface area contributed by atoms with E-state index < -0.39 is 39.7 Å². The van der Waals surface area contributed by atoms with Gasteiger partial charge in [-0.05, 0) is 35.2 Å². The summed E-state index contributed by atoms with van der Waals surface area (Å²) < 4.78 is 33.3. The van der Waals surface area contributed by atoms with Crippen LogP contribution in [0.3, 0.4) is 0 Å². The number of sulfone groups is 1. The standard InChI is InChI=1S/C36H39N3O5S/c1-2-14-31(34(40)36-38-30-21-12-13-22-33(30)44-36)37-35(41)32(26-45(42,43)25-29-19-10-5-11-20-29)39(23-27-15-6-3-7-16-27)24-28-17-8-4-9-18-28/h3-13,15-22,31-32,34,40H,2,14,23-26H2,1H3,(H,37,41)/t31-,32?,34?/m0/s1. The number of carbonyl (C=O) groups is 1. The van der Waals surface area contributed by atoms with Crippen molar-refractivity contribution < 1.29 is 22.7 Å². The lowest BCUT2D eigenvalue weighted by Crippen LogP contribution is -2.53. The molecule has 0 saturated carbocycles. The average molecular weight is 626 g/mol. The van der Waals surface area contributed by atoms with E-state index in [4.69, 9.17) is 4.42 Å². The molecule has 9 heteroatoms. The molecule has 1 amide bonds. The molecular formula is C36H39N3O5S. The van der Waals surface area contributed by atoms with Gasteiger partial charge in [0.2, 0.25) is 11.8 Å². The van der Waals surface area contributed by atoms with Crippen molar-refractivity contribution in [3.8, 4) is 0 Å². The zero-order valence-corrected chi connectivity index (χ0v) is 26.1. The summed E-state index contributed by atoms with van der Waals surface area (Å²) in [5.74, 6) is -0.960. The Labute approximate surface area is 264 Å². The lowest BCUT2D eigenvalue weighted by atomic mass is 10.0. The van der Waals surface area contributed by atoms with Crippen LogP contribution in [0.15, 0.2) is 120 Å². The highest BCUT2D eigenvalue weighted by molar-refractivity contribution is 7.90. The number of fused-ring (bicyclic) bond motifs is 1. The molecule has 5 rings (SSSR count). The van der Waals surface area contributed by atoms with Gasteiger partial charge in [0.25, 0.3) is 0 Å². The smallest absolute Gasteiger partial charge is 0.238 e. The normalized spacial score (nSPS) is 13.8. The van der Waals surface area contributed by atoms with Gasteiger partial charge in [-0.3, -0.25) is 9.69 Å². The van der Waals surface area contributed by atoms with Crippen LogP contribution in [0.25, 0.3) is 11.1 Å². The van der Waals surface area contributed by atoms with Gasteiger partial charge >= 0.3 is 0 Å². The zero-order chi connectivity index (χ0) is 31.6. The van der Waals surface area contributed by atoms with Crippen LogP contribution in [0.4, 0.5) is 0 Å². The van der Waals surface area contributed by atoms with Crippen LogP contribution >= 0.6 is 0 Å². The lowest BCUT2D eigenvalue weighted by Gasteiger charge is -2.33. The number of rotatable bonds is 15. The van der Waals surface area contributed by atoms with Crippen molar-refractivity contribution in [2.75, 3.05) is 5.75 Å². The molecule has 5 aromatic rings. The van der Waals surface area contributed by atoms with Crippen molar-refractivity contribution in [2.24, 2.45) is 0 Å². The summed E-state index contributed by atoms with van der Waals surface area (Å²) in [6.45, 7) is 2.65. The topological polar surface area (TPSA) is 113 Å². The van der Waals surface area contributed by atoms with Gasteiger partial charge < -0.3 is 14.8 Å². The third-order valence-corrected chi connectivity index (χ3v) is 9.31. The quantitative estimate of drug-likeness (QED) is 0.151. The SMILES string of the molecule is CCC[C@H](NC(=O)C(CS(=O)(=O)Cc1ccccc1)N(Cc1ccccc1)Cc1ccccc1)C(O)c1nc2ccccc2o1. The highest BCUT2D eigenvalue weighted by Gasteiger charge is 2.35. The molecule has 45 heavy (non-hydrogen) atoms. The minimum Gasteiger partial charge on any atom is -0.438 e. The zero-order valence-electron chi connectivity index (χ0n) is 25.3. The molecule has 0 bridgehead atoms. The Morgan fingerprint density at radius 1 is 0.822 bits per heavy atom. The fourth-order valence-corrected chi connectivity index (χ4v) is 7.14. The Kier molecular flexibility index (Phi) is 10.8. The van der Waals surface area contributed by atoms with Gasteiger partial charge in [0.1, 0.15) is 11.6 Å². The lowest BCUT2D eigenvalue weighted by molar-refractivity contribution is -0.128. The van der Waals surface area contributed by atoms with Crippen LogP contribution in [0.2, 0.25) is 0 Å². The minimum atomic E-state index is -3.74. The van der Waals surface area contributed by atoms with E-state index in [-0.39, 0.29) is 11.6 Å². The molecule has 0 spiro atoms. The molecule has 2 N–H and O–H groups in total. The number of amides is 1. The number of aliphatic hydroxyl groups excluding tert-OH is 1. The van der Waals surface area contributed by atoms with Crippen molar-refractivity contribution in [3.63, 3.8) is 0 Å². The molecule has 8 nitrogen and oxygen atoms in total. The number of hydrogen-bond acceptors (Lipinski definition) is 7. The first kappa shape index (κ1) is 32.1. The van der Waals surface area contributed by atoms with E-state index in [2.05, 4.69) is 10.3 Å². The molecule has 0 fully saturated rings. The Morgan fingerprint density at radius 2 is 1.36 bits per heavy atom. The summed E-state index contributed by atoms with van der Waals surface area (Å²) in [4.78, 5) is 20.7. The third-order valence-electron chi connectivity index (χ3n) is 7.71. The monoisotopic (exact) mass is 625 g/mol. The van der Waals surface area contributed by atoms with Crippen LogP contribution in [-0.2, 0) is 33.5 Å². The molecule has 0 aliphatic rings. The molecule has 0 radical (unpaired) electrons. The van der Waals surface area contributed by atoms with E-state index in [1.165, 1.54) is 0 Å². The predicted octanol–water partition coefficient (Wildman–Crippen LogP) is 5.83. The van der Waals surface area contributed by atoms with Crippen LogP contribution in [0, 0.1) is 0 Å². The van der Waals surface area contributed by atoms with Crippen molar-refractivity contribution >= 4 is 26.8 Å². The average Bonchev–Trinajstić information content (AvgIpc) is 3.49. The van der Waals surface area contributed by atoms with Gasteiger partial charge in [0.15, 0.2) is 21.5 Å². The van der Waals surface area contributed by atoms with Crippen molar-refractivity contribution in [2.45, 2.75) is 56.8 Å². The van der Waals surface area contributed by atoms with Gasteiger partial charge in [-0.25, -0.2) is 13.4 Å². The number of hydrogen-bond donors (Lipinski definition) is 2. The van der Waals surface area contributed by atoms with Crippen LogP contribution in [0.5, 0.6) is 0 Å². The Morgan fingerprint density at radius 3 is 1.91 bits per heavy atom. The maximum absolute atomic E-state index is 14.3. The van der Waals surface area contributed by atoms with Crippen LogP contribution < -0.4 is 5.32 Å². The maximum atomic E-state index is 14.3. The second-order valence-electron chi connectivity index (χ2n) is 11.3. The predicted molar refractivity (Wildman–Crippen MR) is 176 cm³/mol. The summed E-state index contributed by atoms with van der Waals surface area (Å²) in [5.41, 5.74) is 3.70. The fraction of sp³-hybridized carbons (Fsp3) is 0.278. The molecule has 3 atom stereocenters. The fourth-order valence-electron chi connectivity index (χ4n) is 5.47. The number of aromatic nitrogens is 1. The largest absolute Gasteiger partial charge is 0.438 e. The molecule has 0 aliphatic carbocycles. The number of aliphatic hydroxyl groups is 1. The highest BCUT2D eigenvalue weighted by Crippen LogP contribution is 2.25. The van der Waals surface area contributed by atoms with E-state index in [1.807, 2.05) is 90.7 Å². The molecule has 2 unspecified atom stereocenters. The Hall–Kier alpha value is -4.31. The number of nitrogens with zero attached hydrogens (tertiary/aromatic N) is 2. The minimum absolute atomic E-state index is 0.105. The van der Waals surface area contributed by atoms with E-state index in [9.17, 15) is 18.3 Å². The Bertz CT molecular complexity index is 1690. The van der Waals surface area contributed by atoms with Gasteiger partial charge in [0, 0.05) is 13.1 Å². The van der Waals surface area contributed by atoms with Crippen LogP contribution in [-0.4, -0.2) is 47.2 Å². The molecule has 234 valence electrons. The van der Waals surface area contributed by atoms with Gasteiger partial charge in [-0.1, -0.05) is 116 Å². The summed E-state index contributed by atoms with van der Waals surface area (Å²) in [6.07, 6.45) is -0.122. The maximum Gasteiger partial charge on any atom is 0.238 e. The third kappa shape index (κ3) is 8.88. The second-order valence-corrected chi connectivity index (χ2v) is 13.4. The van der Waals surface area contributed by atoms with Crippen molar-refractivity contribution in [1.29, 1.82) is 0 Å². The van der Waals surface area contributed by atoms with Gasteiger partial charge in [-0.2, -0.15) is 0 Å². The summed E-state index contributed by atoms with van der Waals surface area (Å²) >= 11 is 0. The summed E-state index contributed by atoms with van der Waals surface area (Å²) in [6, 6.07) is 33.8. The summed E-state index contributed by atoms with van der Waals surface area (Å²) in [5, 5.41) is 14.4. The number of benzene rings is 4. The molecule has 1 aromatic heterocycles. The van der Waals surface area contributed by atoms with E-state index in [0.717, 1.165) is 11.1 Å². The highest BCUT2D eigenvalue weighted by atomic mass is 32.2. The molecule has 1 heterocycles. The number of nitrogens with one attached hydrogen (secondary N) is 1. The van der Waals surface area contributed by atoms with E-state index in [1.54, 1.807) is 36.4 Å². The molecule has 0 aliphatic heterocycles. The first-order valence-corrected chi connectivity index (χ1v) is 17.0. The molecule has 4 aromatic carbocycles. The second kappa shape index (κ2) is 15.1. The van der Waals surface area contributed by atoms with Crippen molar-refractivity contribution in [1.82, 2.24) is 15.2 Å². The first-order chi connectivity index (χ1) is 21.8. The number of carbonyl (C=O) groups excluding carboxylic acids is 1. The van der Waals surface area contributed by atoms with E-state index >= 15 is 0 Å². The first-order valence-electron chi connectivity index (χ1n) is 15.2. The number of para-hydroxylation sites is 2. The number of oxazole rings is 1. The van der Waals surface area contributed by atoms with Crippen LogP contribution in [0.1, 0.15) is 48.5 Å². The van der Waals surface area contributed by atoms with E-state index in [0.29, 0.717) is 42.6 Å². The Balaban J connectivity index is 1.47. The van der Waals surface area contributed by atoms with Crippen molar-refractivity contribution in [3.05, 3.63) is 138 Å². The summed E-state index contributed by atoms with van der Waals surface area (Å²) in [7, 11) is -3.74. The molecular weight excluding hydrogens is 586 g/mol.